The first-order chi connectivity index (χ1) is 11.7. The largest absolute Gasteiger partial charge is 0.378 e. The summed E-state index contributed by atoms with van der Waals surface area (Å²) in [5.41, 5.74) is 1.47. The van der Waals surface area contributed by atoms with Crippen molar-refractivity contribution >= 4 is 5.91 Å². The molecule has 2 saturated heterocycles. The molecule has 3 heterocycles. The summed E-state index contributed by atoms with van der Waals surface area (Å²) < 4.78 is 7.27. The number of carbonyl (C=O) groups is 1. The molecule has 1 amide bonds. The van der Waals surface area contributed by atoms with Crippen molar-refractivity contribution in [2.24, 2.45) is 18.4 Å². The molecule has 1 aromatic heterocycles. The first kappa shape index (κ1) is 16.1. The highest BCUT2D eigenvalue weighted by Crippen LogP contribution is 2.50. The van der Waals surface area contributed by atoms with Crippen molar-refractivity contribution in [3.8, 4) is 0 Å². The third-order valence-corrected chi connectivity index (χ3v) is 6.16. The van der Waals surface area contributed by atoms with Crippen LogP contribution in [0.5, 0.6) is 0 Å². The van der Waals surface area contributed by atoms with Gasteiger partial charge in [0.2, 0.25) is 5.91 Å². The van der Waals surface area contributed by atoms with Gasteiger partial charge in [-0.15, -0.1) is 0 Å². The Morgan fingerprint density at radius 3 is 2.92 bits per heavy atom. The second-order valence-electron chi connectivity index (χ2n) is 7.73. The molecule has 0 N–H and O–H groups in total. The van der Waals surface area contributed by atoms with Crippen molar-refractivity contribution in [2.75, 3.05) is 39.4 Å². The van der Waals surface area contributed by atoms with Crippen molar-refractivity contribution in [1.82, 2.24) is 19.6 Å². The van der Waals surface area contributed by atoms with Crippen LogP contribution in [0, 0.1) is 11.3 Å². The lowest BCUT2D eigenvalue weighted by molar-refractivity contribution is -0.143. The van der Waals surface area contributed by atoms with Crippen LogP contribution in [0.25, 0.3) is 0 Å². The third kappa shape index (κ3) is 2.97. The Labute approximate surface area is 143 Å². The zero-order valence-electron chi connectivity index (χ0n) is 14.6. The van der Waals surface area contributed by atoms with Crippen LogP contribution in [0.2, 0.25) is 0 Å². The minimum atomic E-state index is 0.206. The molecule has 4 rings (SSSR count). The van der Waals surface area contributed by atoms with Gasteiger partial charge in [-0.05, 0) is 31.2 Å². The number of hydrogen-bond donors (Lipinski definition) is 0. The Bertz CT molecular complexity index is 596. The van der Waals surface area contributed by atoms with Gasteiger partial charge >= 0.3 is 0 Å². The summed E-state index contributed by atoms with van der Waals surface area (Å²) in [5.74, 6) is 0.605. The standard InChI is InChI=1S/C18H28N4O2/c1-20-12-15(11-19-20)13-21-6-5-18(14-21)4-2-3-16(18)17(23)22-7-9-24-10-8-22/h11-12,16H,2-10,13-14H2,1H3. The fourth-order valence-electron chi connectivity index (χ4n) is 4.95. The molecule has 6 heteroatoms. The minimum absolute atomic E-state index is 0.206. The number of aryl methyl sites for hydroxylation is 1. The third-order valence-electron chi connectivity index (χ3n) is 6.16. The molecule has 2 unspecified atom stereocenters. The molecule has 2 aliphatic heterocycles. The van der Waals surface area contributed by atoms with Gasteiger partial charge in [0.05, 0.1) is 19.4 Å². The number of nitrogens with zero attached hydrogens (tertiary/aromatic N) is 4. The van der Waals surface area contributed by atoms with Crippen LogP contribution in [0.4, 0.5) is 0 Å². The van der Waals surface area contributed by atoms with E-state index in [1.807, 2.05) is 22.8 Å². The number of likely N-dealkylation sites (tertiary alicyclic amines) is 1. The van der Waals surface area contributed by atoms with Crippen LogP contribution in [0.3, 0.4) is 0 Å². The van der Waals surface area contributed by atoms with Crippen molar-refractivity contribution in [3.05, 3.63) is 18.0 Å². The lowest BCUT2D eigenvalue weighted by atomic mass is 9.76. The molecule has 6 nitrogen and oxygen atoms in total. The predicted molar refractivity (Wildman–Crippen MR) is 90.3 cm³/mol. The molecule has 1 aliphatic carbocycles. The Balaban J connectivity index is 1.43. The molecular weight excluding hydrogens is 304 g/mol. The quantitative estimate of drug-likeness (QED) is 0.836. The lowest BCUT2D eigenvalue weighted by Crippen LogP contribution is -2.47. The number of aromatic nitrogens is 2. The van der Waals surface area contributed by atoms with Gasteiger partial charge in [0, 0.05) is 50.9 Å². The van der Waals surface area contributed by atoms with Gasteiger partial charge in [-0.1, -0.05) is 6.42 Å². The van der Waals surface area contributed by atoms with Gasteiger partial charge in [-0.2, -0.15) is 5.10 Å². The first-order valence-corrected chi connectivity index (χ1v) is 9.23. The maximum absolute atomic E-state index is 13.1. The summed E-state index contributed by atoms with van der Waals surface area (Å²) in [6.45, 7) is 6.03. The fourth-order valence-corrected chi connectivity index (χ4v) is 4.95. The number of hydrogen-bond acceptors (Lipinski definition) is 4. The molecule has 3 fully saturated rings. The van der Waals surface area contributed by atoms with Gasteiger partial charge in [0.15, 0.2) is 0 Å². The van der Waals surface area contributed by atoms with E-state index >= 15 is 0 Å². The summed E-state index contributed by atoms with van der Waals surface area (Å²) in [6.07, 6.45) is 8.68. The molecule has 1 aromatic rings. The fraction of sp³-hybridized carbons (Fsp3) is 0.778. The van der Waals surface area contributed by atoms with Gasteiger partial charge in [-0.25, -0.2) is 0 Å². The van der Waals surface area contributed by atoms with Crippen LogP contribution in [-0.4, -0.2) is 64.9 Å². The van der Waals surface area contributed by atoms with E-state index in [4.69, 9.17) is 4.74 Å². The van der Waals surface area contributed by atoms with E-state index in [2.05, 4.69) is 16.2 Å². The maximum atomic E-state index is 13.1. The predicted octanol–water partition coefficient (Wildman–Crippen LogP) is 1.27. The molecule has 2 atom stereocenters. The molecular formula is C18H28N4O2. The summed E-state index contributed by atoms with van der Waals surface area (Å²) in [5, 5.41) is 4.27. The van der Waals surface area contributed by atoms with E-state index in [1.54, 1.807) is 0 Å². The highest BCUT2D eigenvalue weighted by atomic mass is 16.5. The molecule has 0 radical (unpaired) electrons. The SMILES string of the molecule is Cn1cc(CN2CCC3(CCCC3C(=O)N3CCOCC3)C2)cn1. The second-order valence-corrected chi connectivity index (χ2v) is 7.73. The van der Waals surface area contributed by atoms with Crippen LogP contribution in [-0.2, 0) is 23.1 Å². The highest BCUT2D eigenvalue weighted by molar-refractivity contribution is 5.80. The van der Waals surface area contributed by atoms with Crippen LogP contribution in [0.15, 0.2) is 12.4 Å². The van der Waals surface area contributed by atoms with Gasteiger partial charge in [0.1, 0.15) is 0 Å². The minimum Gasteiger partial charge on any atom is -0.378 e. The van der Waals surface area contributed by atoms with E-state index in [-0.39, 0.29) is 11.3 Å². The molecule has 0 bridgehead atoms. The number of carbonyl (C=O) groups excluding carboxylic acids is 1. The average Bonchev–Trinajstić information content (AvgIpc) is 3.30. The van der Waals surface area contributed by atoms with E-state index < -0.39 is 0 Å². The van der Waals surface area contributed by atoms with Crippen molar-refractivity contribution in [1.29, 1.82) is 0 Å². The van der Waals surface area contributed by atoms with E-state index in [9.17, 15) is 4.79 Å². The van der Waals surface area contributed by atoms with Crippen LogP contribution >= 0.6 is 0 Å². The number of amides is 1. The van der Waals surface area contributed by atoms with Crippen molar-refractivity contribution in [2.45, 2.75) is 32.2 Å². The summed E-state index contributed by atoms with van der Waals surface area (Å²) in [4.78, 5) is 17.6. The van der Waals surface area contributed by atoms with E-state index in [0.29, 0.717) is 19.1 Å². The Kier molecular flexibility index (Phi) is 4.35. The van der Waals surface area contributed by atoms with Crippen molar-refractivity contribution < 1.29 is 9.53 Å². The molecule has 3 aliphatic rings. The Morgan fingerprint density at radius 1 is 1.33 bits per heavy atom. The van der Waals surface area contributed by atoms with Crippen LogP contribution in [0.1, 0.15) is 31.2 Å². The topological polar surface area (TPSA) is 50.6 Å². The number of morpholine rings is 1. The zero-order valence-corrected chi connectivity index (χ0v) is 14.6. The highest BCUT2D eigenvalue weighted by Gasteiger charge is 2.51. The smallest absolute Gasteiger partial charge is 0.226 e. The zero-order chi connectivity index (χ0) is 16.6. The summed E-state index contributed by atoms with van der Waals surface area (Å²) in [7, 11) is 1.96. The van der Waals surface area contributed by atoms with Gasteiger partial charge in [0.25, 0.3) is 0 Å². The molecule has 0 aromatic carbocycles. The molecule has 132 valence electrons. The monoisotopic (exact) mass is 332 g/mol. The van der Waals surface area contributed by atoms with Crippen LogP contribution < -0.4 is 0 Å². The number of rotatable bonds is 3. The average molecular weight is 332 g/mol. The summed E-state index contributed by atoms with van der Waals surface area (Å²) >= 11 is 0. The Morgan fingerprint density at radius 2 is 2.17 bits per heavy atom. The molecule has 1 saturated carbocycles. The maximum Gasteiger partial charge on any atom is 0.226 e. The van der Waals surface area contributed by atoms with Gasteiger partial charge in [-0.3, -0.25) is 14.4 Å². The van der Waals surface area contributed by atoms with Gasteiger partial charge < -0.3 is 9.64 Å². The van der Waals surface area contributed by atoms with E-state index in [1.165, 1.54) is 18.4 Å². The molecule has 24 heavy (non-hydrogen) atoms. The van der Waals surface area contributed by atoms with E-state index in [0.717, 1.165) is 45.6 Å². The molecule has 1 spiro atoms. The Hall–Kier alpha value is -1.40. The number of ether oxygens (including phenoxy) is 1. The summed E-state index contributed by atoms with van der Waals surface area (Å²) in [6, 6.07) is 0. The second kappa shape index (κ2) is 6.48. The normalized spacial score (nSPS) is 31.2. The lowest BCUT2D eigenvalue weighted by Gasteiger charge is -2.36. The van der Waals surface area contributed by atoms with Crippen molar-refractivity contribution in [3.63, 3.8) is 0 Å². The first-order valence-electron chi connectivity index (χ1n) is 9.23.